The van der Waals surface area contributed by atoms with Crippen LogP contribution in [0.3, 0.4) is 0 Å². The summed E-state index contributed by atoms with van der Waals surface area (Å²) in [6.07, 6.45) is 2.66. The normalized spacial score (nSPS) is 24.1. The Morgan fingerprint density at radius 3 is 3.20 bits per heavy atom. The maximum Gasteiger partial charge on any atom is 0.267 e. The molecular formula is C15H15N3OS. The largest absolute Gasteiger partial charge is 0.356 e. The van der Waals surface area contributed by atoms with E-state index in [0.29, 0.717) is 23.7 Å². The summed E-state index contributed by atoms with van der Waals surface area (Å²) in [6.45, 7) is 2.92. The van der Waals surface area contributed by atoms with Gasteiger partial charge in [0, 0.05) is 23.0 Å². The van der Waals surface area contributed by atoms with Gasteiger partial charge in [-0.2, -0.15) is 5.26 Å². The fraction of sp³-hybridized carbons (Fsp3) is 0.333. The topological polar surface area (TPSA) is 68.7 Å². The molecule has 0 unspecified atom stereocenters. The van der Waals surface area contributed by atoms with Crippen LogP contribution in [0.25, 0.3) is 0 Å². The molecule has 2 aromatic rings. The standard InChI is InChI=1S/C15H15N3OS/c1-15(13-3-2-4-20-13)6-11(15)9-18-14(19)12-5-10(7-16)8-17-12/h2-5,8,11,17H,6,9H2,1H3,(H,18,19)/t11-,15+/m1/s1. The average molecular weight is 285 g/mol. The molecule has 1 aliphatic carbocycles. The highest BCUT2D eigenvalue weighted by Gasteiger charge is 2.51. The number of hydrogen-bond donors (Lipinski definition) is 2. The lowest BCUT2D eigenvalue weighted by Crippen LogP contribution is -2.27. The van der Waals surface area contributed by atoms with Crippen molar-refractivity contribution in [1.29, 1.82) is 5.26 Å². The molecule has 1 aliphatic rings. The van der Waals surface area contributed by atoms with Crippen LogP contribution in [0.4, 0.5) is 0 Å². The van der Waals surface area contributed by atoms with Gasteiger partial charge in [-0.3, -0.25) is 4.79 Å². The highest BCUT2D eigenvalue weighted by atomic mass is 32.1. The Morgan fingerprint density at radius 1 is 1.70 bits per heavy atom. The van der Waals surface area contributed by atoms with Crippen molar-refractivity contribution in [2.75, 3.05) is 6.54 Å². The van der Waals surface area contributed by atoms with E-state index < -0.39 is 0 Å². The van der Waals surface area contributed by atoms with Crippen molar-refractivity contribution in [2.24, 2.45) is 5.92 Å². The van der Waals surface area contributed by atoms with Crippen molar-refractivity contribution < 1.29 is 4.79 Å². The second-order valence-corrected chi connectivity index (χ2v) is 6.37. The molecule has 5 heteroatoms. The molecule has 1 saturated carbocycles. The van der Waals surface area contributed by atoms with E-state index in [9.17, 15) is 4.79 Å². The average Bonchev–Trinajstić information content (AvgIpc) is 2.93. The van der Waals surface area contributed by atoms with Gasteiger partial charge in [-0.05, 0) is 29.9 Å². The van der Waals surface area contributed by atoms with E-state index in [4.69, 9.17) is 5.26 Å². The predicted octanol–water partition coefficient (Wildman–Crippen LogP) is 2.66. The van der Waals surface area contributed by atoms with Crippen LogP contribution >= 0.6 is 11.3 Å². The van der Waals surface area contributed by atoms with Crippen LogP contribution in [0, 0.1) is 17.2 Å². The van der Waals surface area contributed by atoms with Gasteiger partial charge >= 0.3 is 0 Å². The summed E-state index contributed by atoms with van der Waals surface area (Å²) in [5, 5.41) is 13.8. The van der Waals surface area contributed by atoms with Crippen molar-refractivity contribution >= 4 is 17.2 Å². The maximum atomic E-state index is 12.0. The summed E-state index contributed by atoms with van der Waals surface area (Å²) in [6, 6.07) is 7.81. The molecular weight excluding hydrogens is 270 g/mol. The molecule has 2 aromatic heterocycles. The van der Waals surface area contributed by atoms with Gasteiger partial charge in [0.2, 0.25) is 0 Å². The zero-order valence-corrected chi connectivity index (χ0v) is 12.0. The number of carbonyl (C=O) groups excluding carboxylic acids is 1. The molecule has 102 valence electrons. The SMILES string of the molecule is C[C@]1(c2cccs2)C[C@@H]1CNC(=O)c1cc(C#N)c[nH]1. The molecule has 0 spiro atoms. The van der Waals surface area contributed by atoms with Gasteiger partial charge < -0.3 is 10.3 Å². The van der Waals surface area contributed by atoms with Crippen molar-refractivity contribution in [3.05, 3.63) is 45.9 Å². The Morgan fingerprint density at radius 2 is 2.55 bits per heavy atom. The third kappa shape index (κ3) is 2.23. The van der Waals surface area contributed by atoms with E-state index in [2.05, 4.69) is 34.7 Å². The molecule has 4 nitrogen and oxygen atoms in total. The van der Waals surface area contributed by atoms with Gasteiger partial charge in [-0.15, -0.1) is 11.3 Å². The van der Waals surface area contributed by atoms with Gasteiger partial charge in [0.15, 0.2) is 0 Å². The van der Waals surface area contributed by atoms with Crippen molar-refractivity contribution in [1.82, 2.24) is 10.3 Å². The quantitative estimate of drug-likeness (QED) is 0.906. The third-order valence-corrected chi connectivity index (χ3v) is 5.21. The minimum absolute atomic E-state index is 0.146. The van der Waals surface area contributed by atoms with Crippen molar-refractivity contribution in [3.63, 3.8) is 0 Å². The first-order valence-corrected chi connectivity index (χ1v) is 7.42. The first kappa shape index (κ1) is 12.9. The minimum atomic E-state index is -0.146. The Bertz CT molecular complexity index is 668. The monoisotopic (exact) mass is 285 g/mol. The molecule has 0 saturated heterocycles. The number of rotatable bonds is 4. The fourth-order valence-corrected chi connectivity index (χ4v) is 3.54. The molecule has 1 fully saturated rings. The van der Waals surface area contributed by atoms with Crippen LogP contribution in [0.1, 0.15) is 34.3 Å². The summed E-state index contributed by atoms with van der Waals surface area (Å²) < 4.78 is 0. The Hall–Kier alpha value is -2.06. The van der Waals surface area contributed by atoms with E-state index in [1.54, 1.807) is 23.6 Å². The molecule has 1 amide bonds. The number of nitriles is 1. The van der Waals surface area contributed by atoms with Gasteiger partial charge in [0.1, 0.15) is 11.8 Å². The summed E-state index contributed by atoms with van der Waals surface area (Å²) >= 11 is 1.78. The fourth-order valence-electron chi connectivity index (χ4n) is 2.56. The van der Waals surface area contributed by atoms with E-state index in [1.807, 2.05) is 6.07 Å². The highest BCUT2D eigenvalue weighted by Crippen LogP contribution is 2.54. The Balaban J connectivity index is 1.56. The molecule has 2 N–H and O–H groups in total. The summed E-state index contributed by atoms with van der Waals surface area (Å²) in [5.74, 6) is 0.349. The van der Waals surface area contributed by atoms with E-state index in [0.717, 1.165) is 6.42 Å². The van der Waals surface area contributed by atoms with Gasteiger partial charge in [0.05, 0.1) is 5.56 Å². The summed E-state index contributed by atoms with van der Waals surface area (Å²) in [5.41, 5.74) is 1.14. The lowest BCUT2D eigenvalue weighted by Gasteiger charge is -2.09. The molecule has 2 heterocycles. The highest BCUT2D eigenvalue weighted by molar-refractivity contribution is 7.10. The third-order valence-electron chi connectivity index (χ3n) is 4.06. The molecule has 3 rings (SSSR count). The molecule has 0 aliphatic heterocycles. The van der Waals surface area contributed by atoms with Crippen LogP contribution in [0.5, 0.6) is 0 Å². The van der Waals surface area contributed by atoms with Crippen molar-refractivity contribution in [2.45, 2.75) is 18.8 Å². The molecule has 0 aromatic carbocycles. The van der Waals surface area contributed by atoms with Gasteiger partial charge in [-0.1, -0.05) is 13.0 Å². The van der Waals surface area contributed by atoms with Crippen LogP contribution in [0.15, 0.2) is 29.8 Å². The van der Waals surface area contributed by atoms with Crippen LogP contribution < -0.4 is 5.32 Å². The van der Waals surface area contributed by atoms with Gasteiger partial charge in [-0.25, -0.2) is 0 Å². The molecule has 2 atom stereocenters. The number of nitrogens with zero attached hydrogens (tertiary/aromatic N) is 1. The number of aromatic nitrogens is 1. The number of hydrogen-bond acceptors (Lipinski definition) is 3. The minimum Gasteiger partial charge on any atom is -0.356 e. The number of thiophene rings is 1. The van der Waals surface area contributed by atoms with E-state index in [1.165, 1.54) is 4.88 Å². The van der Waals surface area contributed by atoms with Crippen LogP contribution in [-0.4, -0.2) is 17.4 Å². The number of carbonyl (C=O) groups is 1. The van der Waals surface area contributed by atoms with Crippen molar-refractivity contribution in [3.8, 4) is 6.07 Å². The number of H-pyrrole nitrogens is 1. The lowest BCUT2D eigenvalue weighted by atomic mass is 10.0. The van der Waals surface area contributed by atoms with E-state index in [-0.39, 0.29) is 11.3 Å². The van der Waals surface area contributed by atoms with Crippen LogP contribution in [-0.2, 0) is 5.41 Å². The summed E-state index contributed by atoms with van der Waals surface area (Å²) in [7, 11) is 0. The zero-order chi connectivity index (χ0) is 14.2. The molecule has 20 heavy (non-hydrogen) atoms. The number of aromatic amines is 1. The summed E-state index contributed by atoms with van der Waals surface area (Å²) in [4.78, 5) is 16.2. The second kappa shape index (κ2) is 4.80. The van der Waals surface area contributed by atoms with Crippen LogP contribution in [0.2, 0.25) is 0 Å². The number of amides is 1. The smallest absolute Gasteiger partial charge is 0.267 e. The predicted molar refractivity (Wildman–Crippen MR) is 77.6 cm³/mol. The molecule has 0 bridgehead atoms. The Labute approximate surface area is 121 Å². The zero-order valence-electron chi connectivity index (χ0n) is 11.1. The lowest BCUT2D eigenvalue weighted by molar-refractivity contribution is 0.0946. The second-order valence-electron chi connectivity index (χ2n) is 5.42. The Kier molecular flexibility index (Phi) is 3.11. The molecule has 0 radical (unpaired) electrons. The first-order chi connectivity index (χ1) is 9.63. The maximum absolute atomic E-state index is 12.0. The van der Waals surface area contributed by atoms with Gasteiger partial charge in [0.25, 0.3) is 5.91 Å². The number of nitrogens with one attached hydrogen (secondary N) is 2. The van der Waals surface area contributed by atoms with E-state index >= 15 is 0 Å². The first-order valence-electron chi connectivity index (χ1n) is 6.54.